The van der Waals surface area contributed by atoms with Gasteiger partial charge in [-0.1, -0.05) is 48.0 Å². The molecule has 0 N–H and O–H groups in total. The van der Waals surface area contributed by atoms with Gasteiger partial charge in [-0.2, -0.15) is 0 Å². The summed E-state index contributed by atoms with van der Waals surface area (Å²) in [5.41, 5.74) is 4.21. The van der Waals surface area contributed by atoms with Crippen LogP contribution in [0.2, 0.25) is 0 Å². The van der Waals surface area contributed by atoms with Crippen LogP contribution in [0.25, 0.3) is 0 Å². The standard InChI is InChI=1S/C20H22N2O/c1-2-5-16(6-3-1)13-22-19-10-18(11-20(22)15-23-14-19)9-17-7-4-8-21-12-17/h1-8,10,12,19-20H,9,11,13-15H2. The molecule has 2 bridgehead atoms. The highest BCUT2D eigenvalue weighted by Crippen LogP contribution is 2.30. The molecule has 2 atom stereocenters. The van der Waals surface area contributed by atoms with E-state index in [1.165, 1.54) is 16.7 Å². The van der Waals surface area contributed by atoms with Crippen molar-refractivity contribution in [1.29, 1.82) is 0 Å². The molecular formula is C20H22N2O. The fourth-order valence-electron chi connectivity index (χ4n) is 3.69. The van der Waals surface area contributed by atoms with Crippen molar-refractivity contribution in [2.75, 3.05) is 13.2 Å². The second-order valence-corrected chi connectivity index (χ2v) is 6.48. The van der Waals surface area contributed by atoms with Gasteiger partial charge < -0.3 is 4.74 Å². The van der Waals surface area contributed by atoms with Crippen molar-refractivity contribution in [2.45, 2.75) is 31.5 Å². The topological polar surface area (TPSA) is 25.4 Å². The van der Waals surface area contributed by atoms with Gasteiger partial charge in [-0.25, -0.2) is 0 Å². The Kier molecular flexibility index (Phi) is 4.22. The van der Waals surface area contributed by atoms with Crippen LogP contribution in [-0.4, -0.2) is 35.2 Å². The number of hydrogen-bond donors (Lipinski definition) is 0. The summed E-state index contributed by atoms with van der Waals surface area (Å²) in [4.78, 5) is 6.83. The lowest BCUT2D eigenvalue weighted by Crippen LogP contribution is -2.53. The molecule has 3 nitrogen and oxygen atoms in total. The van der Waals surface area contributed by atoms with E-state index in [1.807, 2.05) is 18.5 Å². The maximum atomic E-state index is 5.80. The van der Waals surface area contributed by atoms with Gasteiger partial charge in [-0.15, -0.1) is 0 Å². The lowest BCUT2D eigenvalue weighted by atomic mass is 9.90. The number of ether oxygens (including phenoxy) is 1. The molecule has 1 saturated heterocycles. The van der Waals surface area contributed by atoms with E-state index in [2.05, 4.69) is 52.4 Å². The number of benzene rings is 1. The molecule has 1 fully saturated rings. The first kappa shape index (κ1) is 14.6. The SMILES string of the molecule is C1=C(Cc2cccnc2)CC2COCC1N2Cc1ccccc1. The smallest absolute Gasteiger partial charge is 0.0658 e. The average Bonchev–Trinajstić information content (AvgIpc) is 2.57. The highest BCUT2D eigenvalue weighted by Gasteiger charge is 2.34. The van der Waals surface area contributed by atoms with Crippen molar-refractivity contribution in [3.8, 4) is 0 Å². The molecule has 1 aromatic carbocycles. The minimum Gasteiger partial charge on any atom is -0.378 e. The molecular weight excluding hydrogens is 284 g/mol. The molecule has 2 aliphatic rings. The monoisotopic (exact) mass is 306 g/mol. The average molecular weight is 306 g/mol. The molecule has 2 unspecified atom stereocenters. The van der Waals surface area contributed by atoms with Gasteiger partial charge in [-0.3, -0.25) is 9.88 Å². The number of rotatable bonds is 4. The van der Waals surface area contributed by atoms with E-state index in [0.29, 0.717) is 12.1 Å². The minimum atomic E-state index is 0.398. The summed E-state index contributed by atoms with van der Waals surface area (Å²) in [6.45, 7) is 2.66. The molecule has 0 spiro atoms. The van der Waals surface area contributed by atoms with E-state index < -0.39 is 0 Å². The highest BCUT2D eigenvalue weighted by molar-refractivity contribution is 5.25. The maximum Gasteiger partial charge on any atom is 0.0658 e. The van der Waals surface area contributed by atoms with Crippen LogP contribution in [0.1, 0.15) is 17.5 Å². The van der Waals surface area contributed by atoms with Gasteiger partial charge in [0.1, 0.15) is 0 Å². The summed E-state index contributed by atoms with van der Waals surface area (Å²) in [7, 11) is 0. The Hall–Kier alpha value is -1.97. The zero-order chi connectivity index (χ0) is 15.5. The number of nitrogens with zero attached hydrogens (tertiary/aromatic N) is 2. The fraction of sp³-hybridized carbons (Fsp3) is 0.350. The molecule has 3 heterocycles. The highest BCUT2D eigenvalue weighted by atomic mass is 16.5. The first-order valence-corrected chi connectivity index (χ1v) is 8.34. The van der Waals surface area contributed by atoms with Crippen LogP contribution >= 0.6 is 0 Å². The van der Waals surface area contributed by atoms with Crippen molar-refractivity contribution < 1.29 is 4.74 Å². The molecule has 0 aliphatic carbocycles. The zero-order valence-corrected chi connectivity index (χ0v) is 13.3. The van der Waals surface area contributed by atoms with Crippen molar-refractivity contribution in [3.63, 3.8) is 0 Å². The normalized spacial score (nSPS) is 24.3. The summed E-state index contributed by atoms with van der Waals surface area (Å²) >= 11 is 0. The Balaban J connectivity index is 1.51. The molecule has 1 aromatic heterocycles. The predicted octanol–water partition coefficient (Wildman–Crippen LogP) is 3.22. The molecule has 0 saturated carbocycles. The van der Waals surface area contributed by atoms with Crippen LogP contribution in [0, 0.1) is 0 Å². The van der Waals surface area contributed by atoms with E-state index in [-0.39, 0.29) is 0 Å². The van der Waals surface area contributed by atoms with Crippen LogP contribution in [0.3, 0.4) is 0 Å². The summed E-state index contributed by atoms with van der Waals surface area (Å²) in [6, 6.07) is 15.8. The van der Waals surface area contributed by atoms with Crippen molar-refractivity contribution in [1.82, 2.24) is 9.88 Å². The molecule has 3 heteroatoms. The van der Waals surface area contributed by atoms with E-state index in [4.69, 9.17) is 4.74 Å². The van der Waals surface area contributed by atoms with Gasteiger partial charge in [0.2, 0.25) is 0 Å². The number of fused-ring (bicyclic) bond motifs is 2. The minimum absolute atomic E-state index is 0.398. The Labute approximate surface area is 137 Å². The summed E-state index contributed by atoms with van der Waals surface area (Å²) in [5, 5.41) is 0. The Bertz CT molecular complexity index is 669. The van der Waals surface area contributed by atoms with Crippen LogP contribution in [0.5, 0.6) is 0 Å². The molecule has 4 rings (SSSR count). The van der Waals surface area contributed by atoms with Crippen LogP contribution in [0.4, 0.5) is 0 Å². The van der Waals surface area contributed by atoms with Crippen molar-refractivity contribution in [3.05, 3.63) is 77.6 Å². The summed E-state index contributed by atoms with van der Waals surface area (Å²) in [5.74, 6) is 0. The Morgan fingerprint density at radius 3 is 2.70 bits per heavy atom. The molecule has 23 heavy (non-hydrogen) atoms. The third-order valence-corrected chi connectivity index (χ3v) is 4.78. The van der Waals surface area contributed by atoms with Crippen LogP contribution < -0.4 is 0 Å². The fourth-order valence-corrected chi connectivity index (χ4v) is 3.69. The van der Waals surface area contributed by atoms with Gasteiger partial charge in [0, 0.05) is 25.0 Å². The molecule has 2 aromatic rings. The second-order valence-electron chi connectivity index (χ2n) is 6.48. The van der Waals surface area contributed by atoms with E-state index in [1.54, 1.807) is 0 Å². The zero-order valence-electron chi connectivity index (χ0n) is 13.3. The lowest BCUT2D eigenvalue weighted by Gasteiger charge is -2.44. The predicted molar refractivity (Wildman–Crippen MR) is 91.0 cm³/mol. The van der Waals surface area contributed by atoms with Crippen molar-refractivity contribution >= 4 is 0 Å². The second kappa shape index (κ2) is 6.65. The van der Waals surface area contributed by atoms with Gasteiger partial charge >= 0.3 is 0 Å². The van der Waals surface area contributed by atoms with Crippen LogP contribution in [-0.2, 0) is 17.7 Å². The largest absolute Gasteiger partial charge is 0.378 e. The quantitative estimate of drug-likeness (QED) is 0.811. The molecule has 0 radical (unpaired) electrons. The van der Waals surface area contributed by atoms with Gasteiger partial charge in [0.15, 0.2) is 0 Å². The third kappa shape index (κ3) is 3.36. The van der Waals surface area contributed by atoms with Crippen LogP contribution in [0.15, 0.2) is 66.5 Å². The van der Waals surface area contributed by atoms with Crippen molar-refractivity contribution in [2.24, 2.45) is 0 Å². The molecule has 118 valence electrons. The van der Waals surface area contributed by atoms with E-state index in [9.17, 15) is 0 Å². The van der Waals surface area contributed by atoms with E-state index >= 15 is 0 Å². The third-order valence-electron chi connectivity index (χ3n) is 4.78. The first-order chi connectivity index (χ1) is 11.4. The Morgan fingerprint density at radius 2 is 1.91 bits per heavy atom. The summed E-state index contributed by atoms with van der Waals surface area (Å²) in [6.07, 6.45) is 8.34. The van der Waals surface area contributed by atoms with Gasteiger partial charge in [0.05, 0.1) is 19.3 Å². The first-order valence-electron chi connectivity index (χ1n) is 8.34. The number of pyridine rings is 1. The van der Waals surface area contributed by atoms with Gasteiger partial charge in [-0.05, 0) is 30.0 Å². The lowest BCUT2D eigenvalue weighted by molar-refractivity contribution is -0.0440. The maximum absolute atomic E-state index is 5.80. The number of hydrogen-bond acceptors (Lipinski definition) is 3. The molecule has 0 amide bonds. The number of morpholine rings is 1. The summed E-state index contributed by atoms with van der Waals surface area (Å²) < 4.78 is 5.80. The van der Waals surface area contributed by atoms with E-state index in [0.717, 1.165) is 32.6 Å². The number of aromatic nitrogens is 1. The Morgan fingerprint density at radius 1 is 1.04 bits per heavy atom. The molecule has 2 aliphatic heterocycles. The van der Waals surface area contributed by atoms with Gasteiger partial charge in [0.25, 0.3) is 0 Å².